The Bertz CT molecular complexity index is 507. The maximum Gasteiger partial charge on any atom is 0.253 e. The number of alkyl halides is 1. The van der Waals surface area contributed by atoms with Gasteiger partial charge in [0, 0.05) is 17.0 Å². The summed E-state index contributed by atoms with van der Waals surface area (Å²) in [5, 5.41) is 0. The molecule has 1 aromatic rings. The van der Waals surface area contributed by atoms with E-state index in [1.807, 2.05) is 13.8 Å². The summed E-state index contributed by atoms with van der Waals surface area (Å²) in [5.74, 6) is 0.365. The molecule has 3 nitrogen and oxygen atoms in total. The normalized spacial score (nSPS) is 20.9. The second-order valence-corrected chi connectivity index (χ2v) is 8.37. The first-order valence-corrected chi connectivity index (χ1v) is 8.34. The minimum Gasteiger partial charge on any atom is -0.206 e. The van der Waals surface area contributed by atoms with Gasteiger partial charge in [-0.1, -0.05) is 0 Å². The van der Waals surface area contributed by atoms with Crippen LogP contribution in [0.15, 0.2) is 16.3 Å². The number of hydrogen-bond donors (Lipinski definition) is 0. The van der Waals surface area contributed by atoms with Crippen molar-refractivity contribution in [1.29, 1.82) is 0 Å². The molecule has 6 heteroatoms. The monoisotopic (exact) mass is 293 g/mol. The molecular weight excluding hydrogens is 278 g/mol. The van der Waals surface area contributed by atoms with E-state index in [1.54, 1.807) is 16.4 Å². The highest BCUT2D eigenvalue weighted by molar-refractivity contribution is 7.91. The van der Waals surface area contributed by atoms with Crippen LogP contribution in [0.5, 0.6) is 0 Å². The van der Waals surface area contributed by atoms with Crippen LogP contribution in [0.1, 0.15) is 31.6 Å². The van der Waals surface area contributed by atoms with Gasteiger partial charge in [0.05, 0.1) is 5.88 Å². The Balaban J connectivity index is 2.36. The average molecular weight is 294 g/mol. The van der Waals surface area contributed by atoms with Crippen molar-refractivity contribution in [1.82, 2.24) is 4.31 Å². The Hall–Kier alpha value is -0.100. The predicted octanol–water partition coefficient (Wildman–Crippen LogP) is 3.05. The zero-order chi connectivity index (χ0) is 12.7. The number of halogens is 1. The molecule has 0 unspecified atom stereocenters. The summed E-state index contributed by atoms with van der Waals surface area (Å²) in [7, 11) is -3.34. The van der Waals surface area contributed by atoms with Crippen molar-refractivity contribution in [2.45, 2.75) is 42.3 Å². The third-order valence-corrected chi connectivity index (χ3v) is 7.25. The molecule has 1 fully saturated rings. The van der Waals surface area contributed by atoms with Gasteiger partial charge in [0.2, 0.25) is 0 Å². The Morgan fingerprint density at radius 1 is 1.47 bits per heavy atom. The van der Waals surface area contributed by atoms with Crippen LogP contribution in [0.3, 0.4) is 0 Å². The number of rotatable bonds is 3. The van der Waals surface area contributed by atoms with Gasteiger partial charge >= 0.3 is 0 Å². The molecule has 1 aromatic heterocycles. The number of hydrogen-bond acceptors (Lipinski definition) is 3. The summed E-state index contributed by atoms with van der Waals surface area (Å²) < 4.78 is 27.0. The van der Waals surface area contributed by atoms with Gasteiger partial charge < -0.3 is 0 Å². The predicted molar refractivity (Wildman–Crippen MR) is 71.1 cm³/mol. The van der Waals surface area contributed by atoms with Crippen molar-refractivity contribution < 1.29 is 8.42 Å². The second-order valence-electron chi connectivity index (χ2n) is 4.85. The van der Waals surface area contributed by atoms with Crippen LogP contribution in [0.2, 0.25) is 0 Å². The van der Waals surface area contributed by atoms with E-state index in [9.17, 15) is 8.42 Å². The molecule has 0 aliphatic carbocycles. The van der Waals surface area contributed by atoms with Crippen LogP contribution in [0.4, 0.5) is 0 Å². The number of nitrogens with zero attached hydrogens (tertiary/aromatic N) is 1. The van der Waals surface area contributed by atoms with E-state index >= 15 is 0 Å². The van der Waals surface area contributed by atoms with E-state index in [0.29, 0.717) is 16.6 Å². The zero-order valence-corrected chi connectivity index (χ0v) is 12.3. The molecule has 0 aromatic carbocycles. The van der Waals surface area contributed by atoms with E-state index in [1.165, 1.54) is 11.3 Å². The molecule has 0 saturated carbocycles. The third-order valence-electron chi connectivity index (χ3n) is 3.14. The van der Waals surface area contributed by atoms with Gasteiger partial charge in [-0.05, 0) is 38.8 Å². The summed E-state index contributed by atoms with van der Waals surface area (Å²) in [5.41, 5.74) is -0.274. The Kier molecular flexibility index (Phi) is 3.56. The summed E-state index contributed by atoms with van der Waals surface area (Å²) in [6, 6.07) is 3.44. The minimum atomic E-state index is -3.34. The third kappa shape index (κ3) is 2.38. The quantitative estimate of drug-likeness (QED) is 0.803. The molecule has 0 amide bonds. The molecule has 1 aliphatic rings. The van der Waals surface area contributed by atoms with Crippen LogP contribution in [0.25, 0.3) is 0 Å². The van der Waals surface area contributed by atoms with Crippen LogP contribution >= 0.6 is 22.9 Å². The Labute approximate surface area is 111 Å². The Morgan fingerprint density at radius 3 is 2.65 bits per heavy atom. The van der Waals surface area contributed by atoms with Gasteiger partial charge in [0.15, 0.2) is 0 Å². The van der Waals surface area contributed by atoms with Gasteiger partial charge in [0.25, 0.3) is 10.0 Å². The summed E-state index contributed by atoms with van der Waals surface area (Å²) >= 11 is 6.97. The molecular formula is C11H16ClNO2S2. The molecule has 0 radical (unpaired) electrons. The first kappa shape index (κ1) is 13.3. The maximum absolute atomic E-state index is 12.5. The summed E-state index contributed by atoms with van der Waals surface area (Å²) in [4.78, 5) is 0.891. The SMILES string of the molecule is CC1(C)CCCN1S(=O)(=O)c1ccc(CCl)s1. The molecule has 0 N–H and O–H groups in total. The molecule has 2 rings (SSSR count). The van der Waals surface area contributed by atoms with Gasteiger partial charge in [-0.15, -0.1) is 22.9 Å². The first-order valence-electron chi connectivity index (χ1n) is 5.55. The molecule has 0 bridgehead atoms. The van der Waals surface area contributed by atoms with E-state index in [4.69, 9.17) is 11.6 Å². The molecule has 0 spiro atoms. The van der Waals surface area contributed by atoms with Crippen molar-refractivity contribution >= 4 is 33.0 Å². The van der Waals surface area contributed by atoms with E-state index in [0.717, 1.165) is 17.7 Å². The van der Waals surface area contributed by atoms with Gasteiger partial charge in [0.1, 0.15) is 4.21 Å². The number of sulfonamides is 1. The lowest BCUT2D eigenvalue weighted by Gasteiger charge is -2.29. The topological polar surface area (TPSA) is 37.4 Å². The summed E-state index contributed by atoms with van der Waals surface area (Å²) in [6.07, 6.45) is 1.85. The van der Waals surface area contributed by atoms with Crippen LogP contribution in [0, 0.1) is 0 Å². The molecule has 17 heavy (non-hydrogen) atoms. The molecule has 1 saturated heterocycles. The van der Waals surface area contributed by atoms with Crippen molar-refractivity contribution in [3.63, 3.8) is 0 Å². The fraction of sp³-hybridized carbons (Fsp3) is 0.636. The zero-order valence-electron chi connectivity index (χ0n) is 9.94. The van der Waals surface area contributed by atoms with E-state index < -0.39 is 10.0 Å². The van der Waals surface area contributed by atoms with E-state index in [2.05, 4.69) is 0 Å². The standard InChI is InChI=1S/C11H16ClNO2S2/c1-11(2)6-3-7-13(11)17(14,15)10-5-4-9(8-12)16-10/h4-5H,3,6-8H2,1-2H3. The van der Waals surface area contributed by atoms with Gasteiger partial charge in [-0.3, -0.25) is 0 Å². The molecule has 2 heterocycles. The smallest absolute Gasteiger partial charge is 0.206 e. The largest absolute Gasteiger partial charge is 0.253 e. The van der Waals surface area contributed by atoms with Gasteiger partial charge in [-0.25, -0.2) is 8.42 Å². The van der Waals surface area contributed by atoms with Crippen molar-refractivity contribution in [2.75, 3.05) is 6.54 Å². The average Bonchev–Trinajstić information content (AvgIpc) is 2.83. The van der Waals surface area contributed by atoms with Crippen molar-refractivity contribution in [3.8, 4) is 0 Å². The molecule has 96 valence electrons. The van der Waals surface area contributed by atoms with Crippen LogP contribution in [-0.2, 0) is 15.9 Å². The van der Waals surface area contributed by atoms with Crippen molar-refractivity contribution in [3.05, 3.63) is 17.0 Å². The first-order chi connectivity index (χ1) is 7.88. The fourth-order valence-electron chi connectivity index (χ4n) is 2.21. The lowest BCUT2D eigenvalue weighted by molar-refractivity contribution is 0.292. The van der Waals surface area contributed by atoms with Crippen LogP contribution < -0.4 is 0 Å². The lowest BCUT2D eigenvalue weighted by Crippen LogP contribution is -2.42. The van der Waals surface area contributed by atoms with Gasteiger partial charge in [-0.2, -0.15) is 4.31 Å². The Morgan fingerprint density at radius 2 is 2.18 bits per heavy atom. The molecule has 1 aliphatic heterocycles. The highest BCUT2D eigenvalue weighted by Gasteiger charge is 2.41. The maximum atomic E-state index is 12.5. The second kappa shape index (κ2) is 4.53. The van der Waals surface area contributed by atoms with E-state index in [-0.39, 0.29) is 5.54 Å². The highest BCUT2D eigenvalue weighted by atomic mass is 35.5. The molecule has 0 atom stereocenters. The van der Waals surface area contributed by atoms with Crippen molar-refractivity contribution in [2.24, 2.45) is 0 Å². The van der Waals surface area contributed by atoms with Crippen LogP contribution in [-0.4, -0.2) is 24.8 Å². The number of thiophene rings is 1. The summed E-state index contributed by atoms with van der Waals surface area (Å²) in [6.45, 7) is 4.57. The lowest BCUT2D eigenvalue weighted by atomic mass is 10.0. The minimum absolute atomic E-state index is 0.274. The fourth-order valence-corrected chi connectivity index (χ4v) is 5.62. The highest BCUT2D eigenvalue weighted by Crippen LogP contribution is 2.36.